The van der Waals surface area contributed by atoms with Crippen LogP contribution in [0.3, 0.4) is 0 Å². The third-order valence-electron chi connectivity index (χ3n) is 2.63. The maximum atomic E-state index is 4.05. The Morgan fingerprint density at radius 1 is 1.06 bits per heavy atom. The first-order valence-corrected chi connectivity index (χ1v) is 6.09. The molecule has 0 amide bonds. The summed E-state index contributed by atoms with van der Waals surface area (Å²) in [6.07, 6.45) is 1.10. The van der Waals surface area contributed by atoms with E-state index in [1.54, 1.807) is 0 Å². The Morgan fingerprint density at radius 3 is 2.35 bits per heavy atom. The van der Waals surface area contributed by atoms with Crippen molar-refractivity contribution in [2.45, 2.75) is 13.0 Å². The van der Waals surface area contributed by atoms with Crippen molar-refractivity contribution in [3.05, 3.63) is 42.0 Å². The lowest BCUT2D eigenvalue weighted by molar-refractivity contribution is 0.698. The molecule has 17 heavy (non-hydrogen) atoms. The summed E-state index contributed by atoms with van der Waals surface area (Å²) in [4.78, 5) is 0. The molecule has 3 N–H and O–H groups in total. The summed E-state index contributed by atoms with van der Waals surface area (Å²) < 4.78 is 0. The SMILES string of the molecule is C=C(NCCCNC)c1ccc(CNC)cc1. The van der Waals surface area contributed by atoms with Gasteiger partial charge in [-0.1, -0.05) is 30.8 Å². The molecule has 0 aliphatic rings. The van der Waals surface area contributed by atoms with Gasteiger partial charge in [0.05, 0.1) is 0 Å². The molecule has 0 saturated carbocycles. The van der Waals surface area contributed by atoms with E-state index < -0.39 is 0 Å². The molecule has 3 heteroatoms. The van der Waals surface area contributed by atoms with Gasteiger partial charge in [-0.15, -0.1) is 0 Å². The predicted molar refractivity (Wildman–Crippen MR) is 74.8 cm³/mol. The molecular weight excluding hydrogens is 210 g/mol. The second kappa shape index (κ2) is 7.87. The first-order valence-electron chi connectivity index (χ1n) is 6.09. The van der Waals surface area contributed by atoms with Gasteiger partial charge in [-0.25, -0.2) is 0 Å². The fourth-order valence-electron chi connectivity index (χ4n) is 1.63. The van der Waals surface area contributed by atoms with Gasteiger partial charge in [0.1, 0.15) is 0 Å². The molecule has 0 saturated heterocycles. The van der Waals surface area contributed by atoms with E-state index in [9.17, 15) is 0 Å². The summed E-state index contributed by atoms with van der Waals surface area (Å²) in [5.41, 5.74) is 3.45. The van der Waals surface area contributed by atoms with Gasteiger partial charge in [0.2, 0.25) is 0 Å². The second-order valence-corrected chi connectivity index (χ2v) is 4.09. The topological polar surface area (TPSA) is 36.1 Å². The second-order valence-electron chi connectivity index (χ2n) is 4.09. The number of hydrogen-bond acceptors (Lipinski definition) is 3. The summed E-state index contributed by atoms with van der Waals surface area (Å²) in [6, 6.07) is 8.48. The van der Waals surface area contributed by atoms with Gasteiger partial charge in [-0.3, -0.25) is 0 Å². The average Bonchev–Trinajstić information content (AvgIpc) is 2.36. The molecule has 0 aromatic heterocycles. The molecular formula is C14H23N3. The van der Waals surface area contributed by atoms with Crippen molar-refractivity contribution in [3.63, 3.8) is 0 Å². The number of nitrogens with one attached hydrogen (secondary N) is 3. The highest BCUT2D eigenvalue weighted by molar-refractivity contribution is 5.61. The highest BCUT2D eigenvalue weighted by atomic mass is 14.9. The monoisotopic (exact) mass is 233 g/mol. The summed E-state index contributed by atoms with van der Waals surface area (Å²) in [7, 11) is 3.92. The smallest absolute Gasteiger partial charge is 0.0340 e. The highest BCUT2D eigenvalue weighted by Crippen LogP contribution is 2.10. The highest BCUT2D eigenvalue weighted by Gasteiger charge is 1.98. The molecule has 0 aliphatic heterocycles. The average molecular weight is 233 g/mol. The minimum atomic E-state index is 0.905. The molecule has 3 nitrogen and oxygen atoms in total. The number of rotatable bonds is 8. The Bertz CT molecular complexity index is 330. The Morgan fingerprint density at radius 2 is 1.76 bits per heavy atom. The van der Waals surface area contributed by atoms with Crippen molar-refractivity contribution >= 4 is 5.70 Å². The number of benzene rings is 1. The molecule has 0 fully saturated rings. The van der Waals surface area contributed by atoms with E-state index in [1.165, 1.54) is 5.56 Å². The van der Waals surface area contributed by atoms with Gasteiger partial charge in [-0.05, 0) is 38.2 Å². The van der Waals surface area contributed by atoms with E-state index in [4.69, 9.17) is 0 Å². The van der Waals surface area contributed by atoms with Crippen molar-refractivity contribution in [2.24, 2.45) is 0 Å². The zero-order valence-electron chi connectivity index (χ0n) is 10.8. The van der Waals surface area contributed by atoms with Gasteiger partial charge < -0.3 is 16.0 Å². The van der Waals surface area contributed by atoms with Gasteiger partial charge in [0.25, 0.3) is 0 Å². The Kier molecular flexibility index (Phi) is 6.37. The molecule has 0 heterocycles. The van der Waals surface area contributed by atoms with Crippen LogP contribution in [-0.4, -0.2) is 27.2 Å². The largest absolute Gasteiger partial charge is 0.385 e. The summed E-state index contributed by atoms with van der Waals surface area (Å²) in [5, 5.41) is 9.60. The van der Waals surface area contributed by atoms with E-state index in [2.05, 4.69) is 46.8 Å². The van der Waals surface area contributed by atoms with Crippen molar-refractivity contribution in [3.8, 4) is 0 Å². The Labute approximate surface area is 104 Å². The van der Waals surface area contributed by atoms with Crippen LogP contribution in [0, 0.1) is 0 Å². The van der Waals surface area contributed by atoms with Crippen molar-refractivity contribution < 1.29 is 0 Å². The summed E-state index contributed by atoms with van der Waals surface area (Å²) >= 11 is 0. The van der Waals surface area contributed by atoms with Gasteiger partial charge in [0.15, 0.2) is 0 Å². The first kappa shape index (κ1) is 13.7. The third-order valence-corrected chi connectivity index (χ3v) is 2.63. The maximum absolute atomic E-state index is 4.05. The standard InChI is InChI=1S/C14H23N3/c1-12(17-10-4-9-15-2)14-7-5-13(6-8-14)11-16-3/h5-8,15-17H,1,4,9-11H2,2-3H3. The molecule has 0 unspecified atom stereocenters. The van der Waals surface area contributed by atoms with Crippen LogP contribution in [0.5, 0.6) is 0 Å². The van der Waals surface area contributed by atoms with E-state index in [1.807, 2.05) is 14.1 Å². The van der Waals surface area contributed by atoms with Crippen molar-refractivity contribution in [1.82, 2.24) is 16.0 Å². The lowest BCUT2D eigenvalue weighted by atomic mass is 10.1. The quantitative estimate of drug-likeness (QED) is 0.597. The Balaban J connectivity index is 2.40. The minimum Gasteiger partial charge on any atom is -0.385 e. The van der Waals surface area contributed by atoms with Crippen LogP contribution >= 0.6 is 0 Å². The van der Waals surface area contributed by atoms with Crippen LogP contribution in [0.2, 0.25) is 0 Å². The first-order chi connectivity index (χ1) is 8.27. The minimum absolute atomic E-state index is 0.905. The van der Waals surface area contributed by atoms with Crippen LogP contribution in [-0.2, 0) is 6.54 Å². The van der Waals surface area contributed by atoms with Crippen LogP contribution in [0.4, 0.5) is 0 Å². The molecule has 1 aromatic carbocycles. The zero-order chi connectivity index (χ0) is 12.5. The summed E-state index contributed by atoms with van der Waals surface area (Å²) in [5.74, 6) is 0. The molecule has 0 radical (unpaired) electrons. The number of hydrogen-bond donors (Lipinski definition) is 3. The molecule has 0 aliphatic carbocycles. The van der Waals surface area contributed by atoms with E-state index >= 15 is 0 Å². The van der Waals surface area contributed by atoms with Crippen LogP contribution in [0.1, 0.15) is 17.5 Å². The molecule has 1 rings (SSSR count). The van der Waals surface area contributed by atoms with Gasteiger partial charge in [-0.2, -0.15) is 0 Å². The van der Waals surface area contributed by atoms with Crippen molar-refractivity contribution in [1.29, 1.82) is 0 Å². The van der Waals surface area contributed by atoms with E-state index in [0.717, 1.165) is 37.3 Å². The van der Waals surface area contributed by atoms with Crippen LogP contribution < -0.4 is 16.0 Å². The predicted octanol–water partition coefficient (Wildman–Crippen LogP) is 1.58. The van der Waals surface area contributed by atoms with E-state index in [-0.39, 0.29) is 0 Å². The zero-order valence-corrected chi connectivity index (χ0v) is 10.8. The van der Waals surface area contributed by atoms with Gasteiger partial charge in [0, 0.05) is 18.8 Å². The Hall–Kier alpha value is -1.32. The lowest BCUT2D eigenvalue weighted by Crippen LogP contribution is -2.18. The lowest BCUT2D eigenvalue weighted by Gasteiger charge is -2.10. The normalized spacial score (nSPS) is 10.2. The van der Waals surface area contributed by atoms with Gasteiger partial charge >= 0.3 is 0 Å². The fraction of sp³-hybridized carbons (Fsp3) is 0.429. The van der Waals surface area contributed by atoms with Crippen molar-refractivity contribution in [2.75, 3.05) is 27.2 Å². The molecule has 1 aromatic rings. The van der Waals surface area contributed by atoms with Crippen LogP contribution in [0.25, 0.3) is 5.70 Å². The molecule has 0 spiro atoms. The third kappa shape index (κ3) is 5.02. The summed E-state index contributed by atoms with van der Waals surface area (Å²) in [6.45, 7) is 6.94. The molecule has 0 bridgehead atoms. The maximum Gasteiger partial charge on any atom is 0.0340 e. The van der Waals surface area contributed by atoms with Crippen LogP contribution in [0.15, 0.2) is 30.8 Å². The molecule has 0 atom stereocenters. The fourth-order valence-corrected chi connectivity index (χ4v) is 1.63. The molecule has 94 valence electrons. The van der Waals surface area contributed by atoms with E-state index in [0.29, 0.717) is 0 Å².